The minimum absolute atomic E-state index is 0.0497. The Kier molecular flexibility index (Phi) is 10.6. The number of carbonyl (C=O) groups excluding carboxylic acids is 1. The van der Waals surface area contributed by atoms with E-state index in [1.807, 2.05) is 0 Å². The van der Waals surface area contributed by atoms with E-state index in [4.69, 9.17) is 0 Å². The number of carboxylic acids is 1. The maximum absolute atomic E-state index is 12.6. The summed E-state index contributed by atoms with van der Waals surface area (Å²) in [5.41, 5.74) is 1.57. The molecule has 0 saturated heterocycles. The molecule has 0 spiro atoms. The Morgan fingerprint density at radius 2 is 0.977 bits per heavy atom. The molecule has 0 heterocycles. The first kappa shape index (κ1) is 35.9. The van der Waals surface area contributed by atoms with Gasteiger partial charge in [0.05, 0.1) is 10.9 Å². The van der Waals surface area contributed by atoms with Crippen LogP contribution in [0, 0.1) is 0 Å². The van der Waals surface area contributed by atoms with Gasteiger partial charge in [0.2, 0.25) is 0 Å². The monoisotopic (exact) mass is 648 g/mol. The zero-order valence-corrected chi connectivity index (χ0v) is 23.2. The van der Waals surface area contributed by atoms with Crippen LogP contribution >= 0.6 is 0 Å². The van der Waals surface area contributed by atoms with Crippen molar-refractivity contribution in [2.45, 2.75) is 71.1 Å². The molecule has 3 aromatic carbocycles. The predicted octanol–water partition coefficient (Wildman–Crippen LogP) is 7.85. The van der Waals surface area contributed by atoms with Crippen LogP contribution in [0.3, 0.4) is 0 Å². The Labute approximate surface area is 241 Å². The van der Waals surface area contributed by atoms with E-state index in [2.05, 4.69) is 106 Å². The Morgan fingerprint density at radius 1 is 0.605 bits per heavy atom. The highest BCUT2D eigenvalue weighted by molar-refractivity contribution is 7.97. The number of aliphatic carboxylic acids is 1. The third-order valence-corrected chi connectivity index (χ3v) is 7.76. The molecule has 3 rings (SSSR count). The van der Waals surface area contributed by atoms with Crippen molar-refractivity contribution < 1.29 is 62.9 Å². The molecule has 43 heavy (non-hydrogen) atoms. The topological polar surface area (TPSA) is 49.4 Å². The first-order chi connectivity index (χ1) is 19.5. The van der Waals surface area contributed by atoms with Gasteiger partial charge in [0.25, 0.3) is 0 Å². The molecule has 3 aromatic rings. The number of ether oxygens (including phenoxy) is 1. The molecule has 0 saturated carbocycles. The standard InChI is InChI=1S/C22H23S.C6HF11O3/c1-22(2,3)18-14-16-21(17-15-18)23(19-10-6-4-7-11-19)20-12-8-5-9-13-20;7-2(1(18)19,4(10,11)12)20-6(16,17)3(8,9)5(13,14)15/h4-17H,1-3H3;(H,18,19)/q+1;/p-1. The van der Waals surface area contributed by atoms with Crippen LogP contribution in [0.15, 0.2) is 99.6 Å². The van der Waals surface area contributed by atoms with Gasteiger partial charge in [-0.15, -0.1) is 0 Å². The molecule has 3 nitrogen and oxygen atoms in total. The summed E-state index contributed by atoms with van der Waals surface area (Å²) in [4.78, 5) is 13.8. The van der Waals surface area contributed by atoms with Gasteiger partial charge in [-0.3, -0.25) is 4.74 Å². The third-order valence-electron chi connectivity index (χ3n) is 5.53. The fraction of sp³-hybridized carbons (Fsp3) is 0.321. The predicted molar refractivity (Wildman–Crippen MR) is 132 cm³/mol. The second kappa shape index (κ2) is 12.7. The van der Waals surface area contributed by atoms with Crippen LogP contribution in [-0.2, 0) is 25.8 Å². The van der Waals surface area contributed by atoms with Gasteiger partial charge in [0.1, 0.15) is 5.97 Å². The number of alkyl halides is 11. The van der Waals surface area contributed by atoms with Crippen molar-refractivity contribution >= 4 is 16.9 Å². The molecular weight excluding hydrogens is 625 g/mol. The lowest BCUT2D eigenvalue weighted by atomic mass is 9.87. The minimum Gasteiger partial charge on any atom is -0.544 e. The molecule has 15 heteroatoms. The highest BCUT2D eigenvalue weighted by Gasteiger charge is 2.78. The average molecular weight is 649 g/mol. The number of hydrogen-bond donors (Lipinski definition) is 0. The largest absolute Gasteiger partial charge is 0.544 e. The van der Waals surface area contributed by atoms with Gasteiger partial charge in [-0.25, -0.2) is 0 Å². The van der Waals surface area contributed by atoms with Gasteiger partial charge in [-0.05, 0) is 47.4 Å². The van der Waals surface area contributed by atoms with Gasteiger partial charge in [0, 0.05) is 0 Å². The molecule has 0 N–H and O–H groups in total. The molecule has 0 aromatic heterocycles. The maximum Gasteiger partial charge on any atom is 0.462 e. The lowest BCUT2D eigenvalue weighted by Gasteiger charge is -2.35. The van der Waals surface area contributed by atoms with Crippen molar-refractivity contribution in [3.05, 3.63) is 90.5 Å². The van der Waals surface area contributed by atoms with E-state index in [1.54, 1.807) is 4.74 Å². The van der Waals surface area contributed by atoms with Gasteiger partial charge in [-0.1, -0.05) is 69.3 Å². The van der Waals surface area contributed by atoms with Gasteiger partial charge in [-0.2, -0.15) is 48.3 Å². The second-order valence-corrected chi connectivity index (χ2v) is 11.8. The molecule has 0 aliphatic rings. The van der Waals surface area contributed by atoms with E-state index < -0.39 is 36.2 Å². The van der Waals surface area contributed by atoms with Crippen molar-refractivity contribution in [2.75, 3.05) is 0 Å². The van der Waals surface area contributed by atoms with Crippen LogP contribution in [0.1, 0.15) is 26.3 Å². The summed E-state index contributed by atoms with van der Waals surface area (Å²) in [6.45, 7) is 6.78. The summed E-state index contributed by atoms with van der Waals surface area (Å²) in [5.74, 6) is -18.0. The van der Waals surface area contributed by atoms with E-state index in [0.717, 1.165) is 0 Å². The zero-order valence-electron chi connectivity index (χ0n) is 22.4. The molecule has 0 aliphatic heterocycles. The van der Waals surface area contributed by atoms with E-state index >= 15 is 0 Å². The lowest BCUT2D eigenvalue weighted by Crippen LogP contribution is -2.64. The quantitative estimate of drug-likeness (QED) is 0.194. The minimum atomic E-state index is -7.29. The molecule has 1 atom stereocenters. The summed E-state index contributed by atoms with van der Waals surface area (Å²) in [5, 5.41) is 9.73. The van der Waals surface area contributed by atoms with Crippen LogP contribution in [0.2, 0.25) is 0 Å². The Balaban J connectivity index is 0.000000304. The summed E-state index contributed by atoms with van der Waals surface area (Å²) >= 11 is 0. The summed E-state index contributed by atoms with van der Waals surface area (Å²) in [6, 6.07) is 30.7. The van der Waals surface area contributed by atoms with Crippen LogP contribution < -0.4 is 5.11 Å². The van der Waals surface area contributed by atoms with Crippen molar-refractivity contribution in [2.24, 2.45) is 0 Å². The van der Waals surface area contributed by atoms with Gasteiger partial charge < -0.3 is 9.90 Å². The van der Waals surface area contributed by atoms with E-state index in [0.29, 0.717) is 0 Å². The summed E-state index contributed by atoms with van der Waals surface area (Å²) in [7, 11) is -0.0497. The van der Waals surface area contributed by atoms with Crippen LogP contribution in [0.5, 0.6) is 0 Å². The summed E-state index contributed by atoms with van der Waals surface area (Å²) < 4.78 is 133. The Hall–Kier alpha value is -3.33. The number of hydrogen-bond acceptors (Lipinski definition) is 3. The third kappa shape index (κ3) is 8.19. The van der Waals surface area contributed by atoms with E-state index in [-0.39, 0.29) is 16.3 Å². The van der Waals surface area contributed by atoms with Gasteiger partial charge >= 0.3 is 30.2 Å². The Bertz CT molecular complexity index is 1300. The van der Waals surface area contributed by atoms with Crippen molar-refractivity contribution in [1.82, 2.24) is 0 Å². The highest BCUT2D eigenvalue weighted by Crippen LogP contribution is 2.50. The molecular formula is C28H23F11O3S. The molecule has 0 bridgehead atoms. The number of rotatable bonds is 7. The molecule has 0 aliphatic carbocycles. The van der Waals surface area contributed by atoms with E-state index in [1.165, 1.54) is 20.2 Å². The average Bonchev–Trinajstić information content (AvgIpc) is 2.88. The van der Waals surface area contributed by atoms with E-state index in [9.17, 15) is 58.2 Å². The molecule has 0 amide bonds. The number of carboxylic acid groups (broad SMARTS) is 1. The normalized spacial score (nSPS) is 14.5. The Morgan fingerprint density at radius 3 is 1.28 bits per heavy atom. The fourth-order valence-electron chi connectivity index (χ4n) is 3.23. The molecule has 1 unspecified atom stereocenters. The molecule has 0 radical (unpaired) electrons. The number of halogens is 11. The SMILES string of the molecule is CC(C)(C)c1ccc([S+](c2ccccc2)c2ccccc2)cc1.O=C([O-])C(F)(OC(F)(F)C(F)(F)C(F)(F)F)C(F)(F)F. The van der Waals surface area contributed by atoms with Crippen LogP contribution in [0.4, 0.5) is 48.3 Å². The van der Waals surface area contributed by atoms with Crippen molar-refractivity contribution in [1.29, 1.82) is 0 Å². The smallest absolute Gasteiger partial charge is 0.462 e. The van der Waals surface area contributed by atoms with Crippen molar-refractivity contribution in [3.8, 4) is 0 Å². The first-order valence-corrected chi connectivity index (χ1v) is 13.1. The molecule has 0 fully saturated rings. The van der Waals surface area contributed by atoms with Crippen molar-refractivity contribution in [3.63, 3.8) is 0 Å². The van der Waals surface area contributed by atoms with Gasteiger partial charge in [0.15, 0.2) is 14.7 Å². The fourth-order valence-corrected chi connectivity index (χ4v) is 5.32. The maximum atomic E-state index is 12.6. The second-order valence-electron chi connectivity index (χ2n) is 9.78. The van der Waals surface area contributed by atoms with Crippen LogP contribution in [0.25, 0.3) is 0 Å². The zero-order chi connectivity index (χ0) is 33.1. The first-order valence-electron chi connectivity index (χ1n) is 11.9. The summed E-state index contributed by atoms with van der Waals surface area (Å²) in [6.07, 6.45) is -21.2. The highest BCUT2D eigenvalue weighted by atomic mass is 32.2. The number of carbonyl (C=O) groups is 1. The number of benzene rings is 3. The lowest BCUT2D eigenvalue weighted by molar-refractivity contribution is -0.486. The van der Waals surface area contributed by atoms with Crippen LogP contribution in [-0.4, -0.2) is 36.2 Å². The molecule has 236 valence electrons.